The molecule has 0 aliphatic rings. The van der Waals surface area contributed by atoms with Crippen LogP contribution in [0.1, 0.15) is 20.3 Å². The minimum Gasteiger partial charge on any atom is -0.464 e. The number of nitrogens with one attached hydrogen (secondary N) is 1. The largest absolute Gasteiger partial charge is 0.464 e. The van der Waals surface area contributed by atoms with E-state index in [1.807, 2.05) is 0 Å². The van der Waals surface area contributed by atoms with Crippen molar-refractivity contribution in [3.8, 4) is 0 Å². The van der Waals surface area contributed by atoms with Crippen molar-refractivity contribution in [3.63, 3.8) is 0 Å². The number of carbonyl (C=O) groups excluding carboxylic acids is 2. The third kappa shape index (κ3) is 7.22. The molecule has 0 aromatic heterocycles. The van der Waals surface area contributed by atoms with Gasteiger partial charge in [-0.2, -0.15) is 0 Å². The first kappa shape index (κ1) is 14.9. The van der Waals surface area contributed by atoms with Crippen LogP contribution in [0.25, 0.3) is 0 Å². The van der Waals surface area contributed by atoms with Gasteiger partial charge in [0.05, 0.1) is 12.4 Å². The summed E-state index contributed by atoms with van der Waals surface area (Å²) in [5.41, 5.74) is 0. The molecule has 0 heterocycles. The first-order chi connectivity index (χ1) is 7.26. The number of hydrogen-bond donors (Lipinski definition) is 1. The Kier molecular flexibility index (Phi) is 6.02. The van der Waals surface area contributed by atoms with Crippen LogP contribution in [0.4, 0.5) is 0 Å². The van der Waals surface area contributed by atoms with E-state index < -0.39 is 27.8 Å². The van der Waals surface area contributed by atoms with Gasteiger partial charge in [0.25, 0.3) is 0 Å². The standard InChI is InChI=1S/C9H17NO5S/c1-4-15-9(12)8(10-7(2)11)5-6-16(3,13)14/h8H,4-6H2,1-3H3,(H,10,11). The van der Waals surface area contributed by atoms with E-state index >= 15 is 0 Å². The summed E-state index contributed by atoms with van der Waals surface area (Å²) in [7, 11) is -3.16. The SMILES string of the molecule is CCOC(=O)C(CCS(C)(=O)=O)NC(C)=O. The average Bonchev–Trinajstić information content (AvgIpc) is 2.10. The van der Waals surface area contributed by atoms with E-state index in [2.05, 4.69) is 5.32 Å². The van der Waals surface area contributed by atoms with Gasteiger partial charge in [0.1, 0.15) is 15.9 Å². The molecular formula is C9H17NO5S. The van der Waals surface area contributed by atoms with Crippen LogP contribution in [0, 0.1) is 0 Å². The van der Waals surface area contributed by atoms with Gasteiger partial charge in [-0.05, 0) is 13.3 Å². The maximum absolute atomic E-state index is 11.4. The summed E-state index contributed by atoms with van der Waals surface area (Å²) in [5.74, 6) is -1.18. The molecule has 6 nitrogen and oxygen atoms in total. The maximum Gasteiger partial charge on any atom is 0.328 e. The summed E-state index contributed by atoms with van der Waals surface area (Å²) < 4.78 is 26.6. The molecule has 0 aromatic rings. The zero-order chi connectivity index (χ0) is 12.8. The van der Waals surface area contributed by atoms with Crippen LogP contribution in [0.3, 0.4) is 0 Å². The molecule has 1 unspecified atom stereocenters. The lowest BCUT2D eigenvalue weighted by molar-refractivity contribution is -0.147. The van der Waals surface area contributed by atoms with Crippen LogP contribution >= 0.6 is 0 Å². The first-order valence-corrected chi connectivity index (χ1v) is 6.93. The number of sulfone groups is 1. The highest BCUT2D eigenvalue weighted by molar-refractivity contribution is 7.90. The molecule has 0 saturated carbocycles. The van der Waals surface area contributed by atoms with E-state index in [1.54, 1.807) is 6.92 Å². The molecular weight excluding hydrogens is 234 g/mol. The number of ether oxygens (including phenoxy) is 1. The third-order valence-corrected chi connectivity index (χ3v) is 2.70. The monoisotopic (exact) mass is 251 g/mol. The van der Waals surface area contributed by atoms with Crippen molar-refractivity contribution in [3.05, 3.63) is 0 Å². The summed E-state index contributed by atoms with van der Waals surface area (Å²) in [6, 6.07) is -0.896. The zero-order valence-electron chi connectivity index (χ0n) is 9.65. The molecule has 94 valence electrons. The van der Waals surface area contributed by atoms with Gasteiger partial charge in [-0.15, -0.1) is 0 Å². The van der Waals surface area contributed by atoms with Crippen LogP contribution in [0.2, 0.25) is 0 Å². The molecule has 7 heteroatoms. The highest BCUT2D eigenvalue weighted by Gasteiger charge is 2.22. The van der Waals surface area contributed by atoms with Crippen LogP contribution in [-0.2, 0) is 24.2 Å². The fourth-order valence-electron chi connectivity index (χ4n) is 1.07. The van der Waals surface area contributed by atoms with Crippen LogP contribution in [-0.4, -0.2) is 45.0 Å². The molecule has 0 aromatic carbocycles. The number of rotatable bonds is 6. The van der Waals surface area contributed by atoms with Crippen molar-refractivity contribution in [1.29, 1.82) is 0 Å². The van der Waals surface area contributed by atoms with Crippen LogP contribution < -0.4 is 5.32 Å². The lowest BCUT2D eigenvalue weighted by Crippen LogP contribution is -2.41. The summed E-state index contributed by atoms with van der Waals surface area (Å²) in [6.45, 7) is 3.08. The average molecular weight is 251 g/mol. The molecule has 16 heavy (non-hydrogen) atoms. The van der Waals surface area contributed by atoms with E-state index in [0.29, 0.717) is 0 Å². The minimum atomic E-state index is -3.16. The van der Waals surface area contributed by atoms with Crippen molar-refractivity contribution in [1.82, 2.24) is 5.32 Å². The van der Waals surface area contributed by atoms with Gasteiger partial charge in [-0.3, -0.25) is 4.79 Å². The number of carbonyl (C=O) groups is 2. The Morgan fingerprint density at radius 3 is 2.31 bits per heavy atom. The predicted molar refractivity (Wildman–Crippen MR) is 58.6 cm³/mol. The van der Waals surface area contributed by atoms with E-state index in [9.17, 15) is 18.0 Å². The molecule has 0 spiro atoms. The molecule has 0 bridgehead atoms. The molecule has 0 radical (unpaired) electrons. The first-order valence-electron chi connectivity index (χ1n) is 4.87. The topological polar surface area (TPSA) is 89.5 Å². The Balaban J connectivity index is 4.43. The van der Waals surface area contributed by atoms with Gasteiger partial charge in [0.15, 0.2) is 0 Å². The van der Waals surface area contributed by atoms with Crippen molar-refractivity contribution >= 4 is 21.7 Å². The summed E-state index contributed by atoms with van der Waals surface area (Å²) in [6.07, 6.45) is 1.10. The van der Waals surface area contributed by atoms with Crippen molar-refractivity contribution in [2.75, 3.05) is 18.6 Å². The highest BCUT2D eigenvalue weighted by Crippen LogP contribution is 1.99. The van der Waals surface area contributed by atoms with E-state index in [4.69, 9.17) is 4.74 Å². The Labute approximate surface area is 95.3 Å². The fourth-order valence-corrected chi connectivity index (χ4v) is 1.73. The molecule has 0 rings (SSSR count). The fraction of sp³-hybridized carbons (Fsp3) is 0.778. The molecule has 0 aliphatic heterocycles. The summed E-state index contributed by atoms with van der Waals surface area (Å²) >= 11 is 0. The Morgan fingerprint density at radius 2 is 1.94 bits per heavy atom. The Bertz CT molecular complexity index is 349. The third-order valence-electron chi connectivity index (χ3n) is 1.73. The quantitative estimate of drug-likeness (QED) is 0.642. The predicted octanol–water partition coefficient (Wildman–Crippen LogP) is -0.511. The molecule has 1 atom stereocenters. The normalized spacial score (nSPS) is 12.9. The van der Waals surface area contributed by atoms with Gasteiger partial charge in [0.2, 0.25) is 5.91 Å². The zero-order valence-corrected chi connectivity index (χ0v) is 10.5. The minimum absolute atomic E-state index is 0.0250. The number of esters is 1. The van der Waals surface area contributed by atoms with Gasteiger partial charge in [0, 0.05) is 13.2 Å². The Hall–Kier alpha value is -1.11. The van der Waals surface area contributed by atoms with Gasteiger partial charge in [-0.1, -0.05) is 0 Å². The second-order valence-corrected chi connectivity index (χ2v) is 5.68. The lowest BCUT2D eigenvalue weighted by Gasteiger charge is -2.15. The summed E-state index contributed by atoms with van der Waals surface area (Å²) in [4.78, 5) is 22.2. The van der Waals surface area contributed by atoms with Crippen LogP contribution in [0.15, 0.2) is 0 Å². The second kappa shape index (κ2) is 6.47. The van der Waals surface area contributed by atoms with Crippen LogP contribution in [0.5, 0.6) is 0 Å². The highest BCUT2D eigenvalue weighted by atomic mass is 32.2. The number of hydrogen-bond acceptors (Lipinski definition) is 5. The molecule has 0 fully saturated rings. The van der Waals surface area contributed by atoms with Crippen molar-refractivity contribution in [2.24, 2.45) is 0 Å². The second-order valence-electron chi connectivity index (χ2n) is 3.42. The molecule has 1 amide bonds. The smallest absolute Gasteiger partial charge is 0.328 e. The molecule has 0 aliphatic carbocycles. The van der Waals surface area contributed by atoms with Crippen molar-refractivity contribution in [2.45, 2.75) is 26.3 Å². The summed E-state index contributed by atoms with van der Waals surface area (Å²) in [5, 5.41) is 2.36. The van der Waals surface area contributed by atoms with Gasteiger partial charge >= 0.3 is 5.97 Å². The molecule has 0 saturated heterocycles. The molecule has 1 N–H and O–H groups in total. The van der Waals surface area contributed by atoms with E-state index in [0.717, 1.165) is 6.26 Å². The maximum atomic E-state index is 11.4. The van der Waals surface area contributed by atoms with Gasteiger partial charge in [-0.25, -0.2) is 13.2 Å². The number of amides is 1. The Morgan fingerprint density at radius 1 is 1.38 bits per heavy atom. The van der Waals surface area contributed by atoms with E-state index in [-0.39, 0.29) is 18.8 Å². The van der Waals surface area contributed by atoms with Gasteiger partial charge < -0.3 is 10.1 Å². The lowest BCUT2D eigenvalue weighted by atomic mass is 10.2. The van der Waals surface area contributed by atoms with Crippen molar-refractivity contribution < 1.29 is 22.7 Å². The van der Waals surface area contributed by atoms with E-state index in [1.165, 1.54) is 6.92 Å².